The first-order chi connectivity index (χ1) is 7.08. The number of carbonyl (C=O) groups excluding carboxylic acids is 1. The molecule has 1 aromatic carbocycles. The van der Waals surface area contributed by atoms with Gasteiger partial charge in [-0.1, -0.05) is 15.9 Å². The quantitative estimate of drug-likeness (QED) is 0.755. The molecule has 0 bridgehead atoms. The van der Waals surface area contributed by atoms with Crippen molar-refractivity contribution in [2.45, 2.75) is 33.1 Å². The zero-order chi connectivity index (χ0) is 11.0. The molecule has 1 aliphatic rings. The van der Waals surface area contributed by atoms with Gasteiger partial charge < -0.3 is 0 Å². The molecule has 0 amide bonds. The summed E-state index contributed by atoms with van der Waals surface area (Å²) in [5.74, 6) is 0.978. The molecule has 0 saturated heterocycles. The van der Waals surface area contributed by atoms with Crippen molar-refractivity contribution >= 4 is 21.7 Å². The van der Waals surface area contributed by atoms with E-state index in [1.807, 2.05) is 26.0 Å². The van der Waals surface area contributed by atoms with Crippen LogP contribution < -0.4 is 0 Å². The molecule has 0 aromatic heterocycles. The zero-order valence-corrected chi connectivity index (χ0v) is 10.7. The highest BCUT2D eigenvalue weighted by atomic mass is 79.9. The Morgan fingerprint density at radius 2 is 2.00 bits per heavy atom. The van der Waals surface area contributed by atoms with E-state index >= 15 is 0 Å². The molecule has 1 nitrogen and oxygen atoms in total. The average molecular weight is 267 g/mol. The second-order valence-electron chi connectivity index (χ2n) is 4.49. The van der Waals surface area contributed by atoms with Crippen LogP contribution in [0.3, 0.4) is 0 Å². The van der Waals surface area contributed by atoms with Crippen LogP contribution in [0.2, 0.25) is 0 Å². The Hall–Kier alpha value is -0.630. The number of rotatable bonds is 3. The highest BCUT2D eigenvalue weighted by Crippen LogP contribution is 2.34. The first-order valence-electron chi connectivity index (χ1n) is 5.38. The third kappa shape index (κ3) is 2.49. The Kier molecular flexibility index (Phi) is 2.96. The summed E-state index contributed by atoms with van der Waals surface area (Å²) < 4.78 is 1.09. The minimum absolute atomic E-state index is 0.311. The largest absolute Gasteiger partial charge is 0.294 e. The van der Waals surface area contributed by atoms with Crippen molar-refractivity contribution in [2.24, 2.45) is 5.92 Å². The third-order valence-corrected chi connectivity index (χ3v) is 3.83. The summed E-state index contributed by atoms with van der Waals surface area (Å²) in [6.07, 6.45) is 3.21. The molecule has 0 spiro atoms. The standard InChI is InChI=1S/C13H15BrO/c1-8-6-12(14)9(2)5-11(8)13(15)7-10-3-4-10/h5-6,10H,3-4,7H2,1-2H3. The molecule has 0 atom stereocenters. The van der Waals surface area contributed by atoms with Crippen LogP contribution in [0.4, 0.5) is 0 Å². The number of hydrogen-bond donors (Lipinski definition) is 0. The van der Waals surface area contributed by atoms with Gasteiger partial charge in [-0.05, 0) is 55.9 Å². The first kappa shape index (κ1) is 10.9. The third-order valence-electron chi connectivity index (χ3n) is 2.98. The van der Waals surface area contributed by atoms with Crippen molar-refractivity contribution in [3.63, 3.8) is 0 Å². The minimum Gasteiger partial charge on any atom is -0.294 e. The molecule has 1 aliphatic carbocycles. The van der Waals surface area contributed by atoms with Gasteiger partial charge in [0.1, 0.15) is 0 Å². The van der Waals surface area contributed by atoms with Crippen LogP contribution in [0.25, 0.3) is 0 Å². The summed E-state index contributed by atoms with van der Waals surface area (Å²) in [6.45, 7) is 4.03. The minimum atomic E-state index is 0.311. The first-order valence-corrected chi connectivity index (χ1v) is 6.17. The molecule has 2 rings (SSSR count). The number of halogens is 1. The van der Waals surface area contributed by atoms with E-state index in [9.17, 15) is 4.79 Å². The van der Waals surface area contributed by atoms with Crippen LogP contribution in [0.15, 0.2) is 16.6 Å². The van der Waals surface area contributed by atoms with E-state index in [-0.39, 0.29) is 0 Å². The summed E-state index contributed by atoms with van der Waals surface area (Å²) in [5, 5.41) is 0. The van der Waals surface area contributed by atoms with Crippen LogP contribution in [0, 0.1) is 19.8 Å². The topological polar surface area (TPSA) is 17.1 Å². The van der Waals surface area contributed by atoms with Crippen molar-refractivity contribution in [3.8, 4) is 0 Å². The summed E-state index contributed by atoms with van der Waals surface area (Å²) in [7, 11) is 0. The Bertz CT molecular complexity index is 405. The highest BCUT2D eigenvalue weighted by Gasteiger charge is 2.25. The molecule has 15 heavy (non-hydrogen) atoms. The molecule has 0 heterocycles. The predicted octanol–water partition coefficient (Wildman–Crippen LogP) is 4.05. The Labute approximate surface area is 99.0 Å². The number of carbonyl (C=O) groups is 1. The maximum absolute atomic E-state index is 12.0. The van der Waals surface area contributed by atoms with Crippen molar-refractivity contribution in [2.75, 3.05) is 0 Å². The van der Waals surface area contributed by atoms with Gasteiger partial charge in [0.2, 0.25) is 0 Å². The number of Topliss-reactive ketones (excluding diaryl/α,β-unsaturated/α-hetero) is 1. The van der Waals surface area contributed by atoms with Crippen molar-refractivity contribution in [3.05, 3.63) is 33.3 Å². The van der Waals surface area contributed by atoms with Gasteiger partial charge in [0.15, 0.2) is 5.78 Å². The van der Waals surface area contributed by atoms with E-state index in [2.05, 4.69) is 15.9 Å². The summed E-state index contributed by atoms with van der Waals surface area (Å²) in [4.78, 5) is 12.0. The SMILES string of the molecule is Cc1cc(C(=O)CC2CC2)c(C)cc1Br. The van der Waals surface area contributed by atoms with Gasteiger partial charge in [0.05, 0.1) is 0 Å². The van der Waals surface area contributed by atoms with E-state index < -0.39 is 0 Å². The van der Waals surface area contributed by atoms with Crippen LogP contribution in [-0.2, 0) is 0 Å². The van der Waals surface area contributed by atoms with Gasteiger partial charge in [-0.25, -0.2) is 0 Å². The smallest absolute Gasteiger partial charge is 0.163 e. The highest BCUT2D eigenvalue weighted by molar-refractivity contribution is 9.10. The lowest BCUT2D eigenvalue weighted by atomic mass is 9.99. The van der Waals surface area contributed by atoms with Crippen LogP contribution in [0.1, 0.15) is 40.7 Å². The van der Waals surface area contributed by atoms with Gasteiger partial charge in [-0.2, -0.15) is 0 Å². The van der Waals surface area contributed by atoms with Gasteiger partial charge >= 0.3 is 0 Å². The van der Waals surface area contributed by atoms with Crippen LogP contribution in [-0.4, -0.2) is 5.78 Å². The van der Waals surface area contributed by atoms with E-state index in [1.54, 1.807) is 0 Å². The number of ketones is 1. The molecule has 0 aliphatic heterocycles. The molecule has 2 heteroatoms. The summed E-state index contributed by atoms with van der Waals surface area (Å²) in [5.41, 5.74) is 3.13. The van der Waals surface area contributed by atoms with Gasteiger partial charge in [-0.3, -0.25) is 4.79 Å². The molecule has 0 radical (unpaired) electrons. The molecule has 0 N–H and O–H groups in total. The molecule has 1 saturated carbocycles. The van der Waals surface area contributed by atoms with E-state index in [0.717, 1.165) is 27.6 Å². The fourth-order valence-electron chi connectivity index (χ4n) is 1.78. The lowest BCUT2D eigenvalue weighted by Gasteiger charge is -2.07. The molecule has 1 aromatic rings. The molecular weight excluding hydrogens is 252 g/mol. The van der Waals surface area contributed by atoms with Crippen molar-refractivity contribution in [1.82, 2.24) is 0 Å². The number of aryl methyl sites for hydroxylation is 2. The number of hydrogen-bond acceptors (Lipinski definition) is 1. The molecular formula is C13H15BrO. The van der Waals surface area contributed by atoms with Gasteiger partial charge in [0.25, 0.3) is 0 Å². The number of benzene rings is 1. The average Bonchev–Trinajstić information content (AvgIpc) is 2.95. The monoisotopic (exact) mass is 266 g/mol. The molecule has 1 fully saturated rings. The maximum Gasteiger partial charge on any atom is 0.163 e. The Morgan fingerprint density at radius 1 is 1.33 bits per heavy atom. The second kappa shape index (κ2) is 4.09. The fraction of sp³-hybridized carbons (Fsp3) is 0.462. The van der Waals surface area contributed by atoms with E-state index in [0.29, 0.717) is 11.7 Å². The van der Waals surface area contributed by atoms with Crippen LogP contribution >= 0.6 is 15.9 Å². The van der Waals surface area contributed by atoms with E-state index in [4.69, 9.17) is 0 Å². The van der Waals surface area contributed by atoms with Crippen LogP contribution in [0.5, 0.6) is 0 Å². The normalized spacial score (nSPS) is 15.4. The summed E-state index contributed by atoms with van der Waals surface area (Å²) >= 11 is 3.48. The van der Waals surface area contributed by atoms with Gasteiger partial charge in [0, 0.05) is 16.5 Å². The van der Waals surface area contributed by atoms with Gasteiger partial charge in [-0.15, -0.1) is 0 Å². The Morgan fingerprint density at radius 3 is 2.60 bits per heavy atom. The summed E-state index contributed by atoms with van der Waals surface area (Å²) in [6, 6.07) is 4.04. The maximum atomic E-state index is 12.0. The lowest BCUT2D eigenvalue weighted by molar-refractivity contribution is 0.0975. The fourth-order valence-corrected chi connectivity index (χ4v) is 2.23. The lowest BCUT2D eigenvalue weighted by Crippen LogP contribution is -2.03. The second-order valence-corrected chi connectivity index (χ2v) is 5.34. The Balaban J connectivity index is 2.25. The van der Waals surface area contributed by atoms with Crippen molar-refractivity contribution < 1.29 is 4.79 Å². The van der Waals surface area contributed by atoms with E-state index in [1.165, 1.54) is 12.8 Å². The zero-order valence-electron chi connectivity index (χ0n) is 9.14. The molecule has 0 unspecified atom stereocenters. The molecule has 80 valence electrons. The predicted molar refractivity (Wildman–Crippen MR) is 65.3 cm³/mol. The van der Waals surface area contributed by atoms with Crippen molar-refractivity contribution in [1.29, 1.82) is 0 Å².